The van der Waals surface area contributed by atoms with E-state index in [1.807, 2.05) is 12.1 Å². The average Bonchev–Trinajstić information content (AvgIpc) is 2.94. The second-order valence-electron chi connectivity index (χ2n) is 5.25. The molecule has 0 saturated heterocycles. The van der Waals surface area contributed by atoms with E-state index < -0.39 is 0 Å². The molecular weight excluding hydrogens is 294 g/mol. The molecule has 1 amide bonds. The molecule has 1 aliphatic carbocycles. The van der Waals surface area contributed by atoms with Gasteiger partial charge in [-0.3, -0.25) is 4.79 Å². The number of carbonyl (C=O) groups excluding carboxylic acids is 1. The van der Waals surface area contributed by atoms with Gasteiger partial charge in [-0.05, 0) is 43.9 Å². The molecule has 2 unspecified atom stereocenters. The molecule has 2 aromatic rings. The van der Waals surface area contributed by atoms with Gasteiger partial charge in [0.1, 0.15) is 0 Å². The number of aryl methyl sites for hydroxylation is 1. The molecule has 1 aliphatic rings. The summed E-state index contributed by atoms with van der Waals surface area (Å²) >= 11 is 1.53. The van der Waals surface area contributed by atoms with E-state index in [4.69, 9.17) is 5.73 Å². The minimum atomic E-state index is 0. The molecule has 1 aromatic heterocycles. The molecule has 2 atom stereocenters. The molecule has 0 spiro atoms. The van der Waals surface area contributed by atoms with Gasteiger partial charge < -0.3 is 11.1 Å². The number of benzene rings is 1. The summed E-state index contributed by atoms with van der Waals surface area (Å²) in [5, 5.41) is 3.61. The summed E-state index contributed by atoms with van der Waals surface area (Å²) in [6, 6.07) is 6.29. The maximum absolute atomic E-state index is 12.1. The number of nitrogens with zero attached hydrogens (tertiary/aromatic N) is 1. The third-order valence-electron chi connectivity index (χ3n) is 3.62. The van der Waals surface area contributed by atoms with Crippen LogP contribution >= 0.6 is 23.7 Å². The monoisotopic (exact) mass is 311 g/mol. The van der Waals surface area contributed by atoms with Crippen LogP contribution in [0.5, 0.6) is 0 Å². The molecule has 1 aromatic carbocycles. The highest BCUT2D eigenvalue weighted by atomic mass is 35.5. The highest BCUT2D eigenvalue weighted by Crippen LogP contribution is 2.29. The molecular formula is C14H18ClN3OS. The number of thiazole rings is 1. The van der Waals surface area contributed by atoms with Gasteiger partial charge in [-0.25, -0.2) is 4.98 Å². The summed E-state index contributed by atoms with van der Waals surface area (Å²) in [4.78, 5) is 16.5. The predicted octanol–water partition coefficient (Wildman–Crippen LogP) is 3.09. The Morgan fingerprint density at radius 2 is 2.25 bits per heavy atom. The number of halogens is 1. The Kier molecular flexibility index (Phi) is 4.62. The van der Waals surface area contributed by atoms with Gasteiger partial charge >= 0.3 is 0 Å². The number of anilines is 1. The van der Waals surface area contributed by atoms with Gasteiger partial charge in [-0.1, -0.05) is 17.4 Å². The molecule has 3 rings (SSSR count). The lowest BCUT2D eigenvalue weighted by atomic mass is 10.1. The fourth-order valence-electron chi connectivity index (χ4n) is 2.55. The lowest BCUT2D eigenvalue weighted by molar-refractivity contribution is -0.119. The van der Waals surface area contributed by atoms with Gasteiger partial charge in [-0.15, -0.1) is 12.4 Å². The first-order valence-corrected chi connectivity index (χ1v) is 7.37. The molecule has 108 valence electrons. The van der Waals surface area contributed by atoms with Crippen molar-refractivity contribution >= 4 is 45.0 Å². The van der Waals surface area contributed by atoms with Gasteiger partial charge in [0.05, 0.1) is 10.2 Å². The van der Waals surface area contributed by atoms with Crippen molar-refractivity contribution in [3.63, 3.8) is 0 Å². The topological polar surface area (TPSA) is 68.0 Å². The summed E-state index contributed by atoms with van der Waals surface area (Å²) in [6.45, 7) is 2.05. The van der Waals surface area contributed by atoms with Crippen molar-refractivity contribution < 1.29 is 4.79 Å². The number of hydrogen-bond donors (Lipinski definition) is 2. The van der Waals surface area contributed by atoms with Crippen LogP contribution in [0.25, 0.3) is 10.2 Å². The molecule has 4 nitrogen and oxygen atoms in total. The fraction of sp³-hybridized carbons (Fsp3) is 0.429. The van der Waals surface area contributed by atoms with Crippen molar-refractivity contribution in [2.75, 3.05) is 5.32 Å². The normalized spacial score (nSPS) is 21.7. The van der Waals surface area contributed by atoms with Crippen molar-refractivity contribution in [2.24, 2.45) is 11.7 Å². The average molecular weight is 312 g/mol. The molecule has 1 fully saturated rings. The van der Waals surface area contributed by atoms with E-state index >= 15 is 0 Å². The van der Waals surface area contributed by atoms with Crippen molar-refractivity contribution in [1.82, 2.24) is 4.98 Å². The third-order valence-corrected chi connectivity index (χ3v) is 4.55. The standard InChI is InChI=1S/C14H17N3OS.ClH/c1-8-2-5-11-12(6-8)19-14(16-11)17-13(18)9-3-4-10(15)7-9;/h2,5-6,9-10H,3-4,7,15H2,1H3,(H,16,17,18);1H. The van der Waals surface area contributed by atoms with Crippen molar-refractivity contribution in [3.8, 4) is 0 Å². The Morgan fingerprint density at radius 3 is 2.95 bits per heavy atom. The summed E-state index contributed by atoms with van der Waals surface area (Å²) < 4.78 is 1.11. The molecule has 20 heavy (non-hydrogen) atoms. The van der Waals surface area contributed by atoms with Crippen LogP contribution in [0, 0.1) is 12.8 Å². The summed E-state index contributed by atoms with van der Waals surface area (Å²) in [5.74, 6) is 0.104. The summed E-state index contributed by atoms with van der Waals surface area (Å²) in [5.41, 5.74) is 7.98. The zero-order valence-electron chi connectivity index (χ0n) is 11.3. The zero-order chi connectivity index (χ0) is 13.4. The largest absolute Gasteiger partial charge is 0.328 e. The number of amides is 1. The van der Waals surface area contributed by atoms with Crippen molar-refractivity contribution in [2.45, 2.75) is 32.2 Å². The van der Waals surface area contributed by atoms with Gasteiger partial charge in [0, 0.05) is 12.0 Å². The summed E-state index contributed by atoms with van der Waals surface area (Å²) in [6.07, 6.45) is 2.62. The Bertz CT molecular complexity index is 628. The van der Waals surface area contributed by atoms with Crippen molar-refractivity contribution in [1.29, 1.82) is 0 Å². The SMILES string of the molecule is Cc1ccc2nc(NC(=O)C3CCC(N)C3)sc2c1.Cl. The molecule has 1 saturated carbocycles. The van der Waals surface area contributed by atoms with E-state index in [2.05, 4.69) is 23.3 Å². The quantitative estimate of drug-likeness (QED) is 0.895. The first kappa shape index (κ1) is 15.2. The van der Waals surface area contributed by atoms with Crippen molar-refractivity contribution in [3.05, 3.63) is 23.8 Å². The van der Waals surface area contributed by atoms with E-state index in [0.29, 0.717) is 5.13 Å². The molecule has 0 bridgehead atoms. The van der Waals surface area contributed by atoms with Crippen LogP contribution in [-0.4, -0.2) is 16.9 Å². The second kappa shape index (κ2) is 6.08. The van der Waals surface area contributed by atoms with Gasteiger partial charge in [-0.2, -0.15) is 0 Å². The van der Waals surface area contributed by atoms with E-state index in [-0.39, 0.29) is 30.3 Å². The molecule has 0 radical (unpaired) electrons. The zero-order valence-corrected chi connectivity index (χ0v) is 12.9. The highest BCUT2D eigenvalue weighted by Gasteiger charge is 2.28. The number of aromatic nitrogens is 1. The van der Waals surface area contributed by atoms with E-state index in [1.54, 1.807) is 0 Å². The number of nitrogens with two attached hydrogens (primary N) is 1. The Hall–Kier alpha value is -1.17. The highest BCUT2D eigenvalue weighted by molar-refractivity contribution is 7.22. The number of carbonyl (C=O) groups is 1. The van der Waals surface area contributed by atoms with Crippen LogP contribution < -0.4 is 11.1 Å². The van der Waals surface area contributed by atoms with Crippen LogP contribution in [-0.2, 0) is 4.79 Å². The van der Waals surface area contributed by atoms with E-state index in [1.165, 1.54) is 16.9 Å². The summed E-state index contributed by atoms with van der Waals surface area (Å²) in [7, 11) is 0. The minimum absolute atomic E-state index is 0. The number of hydrogen-bond acceptors (Lipinski definition) is 4. The first-order valence-electron chi connectivity index (χ1n) is 6.55. The lowest BCUT2D eigenvalue weighted by Crippen LogP contribution is -2.23. The van der Waals surface area contributed by atoms with Crippen LogP contribution in [0.15, 0.2) is 18.2 Å². The first-order chi connectivity index (χ1) is 9.11. The number of rotatable bonds is 2. The number of fused-ring (bicyclic) bond motifs is 1. The minimum Gasteiger partial charge on any atom is -0.328 e. The van der Waals surface area contributed by atoms with Gasteiger partial charge in [0.25, 0.3) is 0 Å². The maximum Gasteiger partial charge on any atom is 0.229 e. The Balaban J connectivity index is 0.00000147. The van der Waals surface area contributed by atoms with Gasteiger partial charge in [0.15, 0.2) is 5.13 Å². The van der Waals surface area contributed by atoms with Crippen LogP contribution in [0.4, 0.5) is 5.13 Å². The third kappa shape index (κ3) is 3.11. The second-order valence-corrected chi connectivity index (χ2v) is 6.28. The van der Waals surface area contributed by atoms with Crippen LogP contribution in [0.3, 0.4) is 0 Å². The molecule has 0 aliphatic heterocycles. The number of nitrogens with one attached hydrogen (secondary N) is 1. The Labute approximate surface area is 128 Å². The molecule has 1 heterocycles. The van der Waals surface area contributed by atoms with Gasteiger partial charge in [0.2, 0.25) is 5.91 Å². The van der Waals surface area contributed by atoms with Crippen LogP contribution in [0.2, 0.25) is 0 Å². The predicted molar refractivity (Wildman–Crippen MR) is 85.6 cm³/mol. The Morgan fingerprint density at radius 1 is 1.45 bits per heavy atom. The van der Waals surface area contributed by atoms with Crippen LogP contribution in [0.1, 0.15) is 24.8 Å². The smallest absolute Gasteiger partial charge is 0.229 e. The maximum atomic E-state index is 12.1. The van der Waals surface area contributed by atoms with E-state index in [0.717, 1.165) is 29.5 Å². The lowest BCUT2D eigenvalue weighted by Gasteiger charge is -2.07. The van der Waals surface area contributed by atoms with E-state index in [9.17, 15) is 4.79 Å². The molecule has 6 heteroatoms. The molecule has 3 N–H and O–H groups in total. The fourth-order valence-corrected chi connectivity index (χ4v) is 3.51.